The van der Waals surface area contributed by atoms with Crippen LogP contribution in [-0.4, -0.2) is 12.5 Å². The van der Waals surface area contributed by atoms with Crippen LogP contribution in [0.15, 0.2) is 11.6 Å². The number of halogens is 1. The second kappa shape index (κ2) is 4.89. The SMILES string of the molecule is C=C(Cl)CNC(=O)C#CC. The molecule has 0 atom stereocenters. The van der Waals surface area contributed by atoms with Crippen molar-refractivity contribution < 1.29 is 4.79 Å². The predicted octanol–water partition coefficient (Wildman–Crippen LogP) is 0.878. The van der Waals surface area contributed by atoms with Gasteiger partial charge < -0.3 is 5.32 Å². The van der Waals surface area contributed by atoms with E-state index in [0.29, 0.717) is 5.03 Å². The largest absolute Gasteiger partial charge is 0.340 e. The maximum absolute atomic E-state index is 10.6. The average Bonchev–Trinajstić information content (AvgIpc) is 1.85. The van der Waals surface area contributed by atoms with E-state index in [-0.39, 0.29) is 12.5 Å². The predicted molar refractivity (Wildman–Crippen MR) is 41.5 cm³/mol. The van der Waals surface area contributed by atoms with Crippen LogP contribution >= 0.6 is 11.6 Å². The van der Waals surface area contributed by atoms with Crippen LogP contribution in [0.1, 0.15) is 6.92 Å². The summed E-state index contributed by atoms with van der Waals surface area (Å²) in [5.41, 5.74) is 0. The molecule has 1 N–H and O–H groups in total. The van der Waals surface area contributed by atoms with E-state index in [1.54, 1.807) is 6.92 Å². The molecule has 54 valence electrons. The van der Waals surface area contributed by atoms with Gasteiger partial charge in [-0.05, 0) is 12.8 Å². The smallest absolute Gasteiger partial charge is 0.296 e. The maximum atomic E-state index is 10.6. The first-order chi connectivity index (χ1) is 4.66. The number of rotatable bonds is 2. The molecule has 0 saturated heterocycles. The lowest BCUT2D eigenvalue weighted by Crippen LogP contribution is -2.22. The van der Waals surface area contributed by atoms with Crippen LogP contribution in [0.3, 0.4) is 0 Å². The molecule has 0 aromatic heterocycles. The Labute approximate surface area is 65.3 Å². The van der Waals surface area contributed by atoms with Gasteiger partial charge in [0, 0.05) is 5.03 Å². The molecule has 0 saturated carbocycles. The fourth-order valence-corrected chi connectivity index (χ4v) is 0.401. The summed E-state index contributed by atoms with van der Waals surface area (Å²) in [7, 11) is 0. The Morgan fingerprint density at radius 2 is 2.40 bits per heavy atom. The van der Waals surface area contributed by atoms with Crippen molar-refractivity contribution in [3.8, 4) is 11.8 Å². The van der Waals surface area contributed by atoms with Crippen molar-refractivity contribution in [1.29, 1.82) is 0 Å². The first-order valence-corrected chi connectivity index (χ1v) is 3.08. The zero-order chi connectivity index (χ0) is 7.98. The van der Waals surface area contributed by atoms with Gasteiger partial charge in [0.2, 0.25) is 0 Å². The molecule has 0 radical (unpaired) electrons. The molecule has 0 aliphatic carbocycles. The minimum atomic E-state index is -0.329. The number of nitrogens with one attached hydrogen (secondary N) is 1. The van der Waals surface area contributed by atoms with Crippen LogP contribution in [0.5, 0.6) is 0 Å². The van der Waals surface area contributed by atoms with Crippen LogP contribution in [0.4, 0.5) is 0 Å². The lowest BCUT2D eigenvalue weighted by Gasteiger charge is -1.95. The summed E-state index contributed by atoms with van der Waals surface area (Å²) in [4.78, 5) is 10.6. The molecule has 3 heteroatoms. The Bertz CT molecular complexity index is 199. The van der Waals surface area contributed by atoms with Crippen molar-refractivity contribution in [2.75, 3.05) is 6.54 Å². The molecule has 10 heavy (non-hydrogen) atoms. The van der Waals surface area contributed by atoms with Gasteiger partial charge in [0.05, 0.1) is 6.54 Å². The van der Waals surface area contributed by atoms with Gasteiger partial charge in [-0.3, -0.25) is 4.79 Å². The first-order valence-electron chi connectivity index (χ1n) is 2.70. The average molecular weight is 158 g/mol. The zero-order valence-electron chi connectivity index (χ0n) is 5.70. The quantitative estimate of drug-likeness (QED) is 0.593. The van der Waals surface area contributed by atoms with Crippen LogP contribution in [0, 0.1) is 11.8 Å². The van der Waals surface area contributed by atoms with Crippen LogP contribution < -0.4 is 5.32 Å². The van der Waals surface area contributed by atoms with E-state index in [9.17, 15) is 4.79 Å². The van der Waals surface area contributed by atoms with Gasteiger partial charge in [0.15, 0.2) is 0 Å². The third-order valence-electron chi connectivity index (χ3n) is 0.679. The fourth-order valence-electron chi connectivity index (χ4n) is 0.334. The van der Waals surface area contributed by atoms with Gasteiger partial charge in [-0.15, -0.1) is 0 Å². The van der Waals surface area contributed by atoms with Crippen molar-refractivity contribution in [2.24, 2.45) is 0 Å². The van der Waals surface area contributed by atoms with Crippen LogP contribution in [0.2, 0.25) is 0 Å². The highest BCUT2D eigenvalue weighted by Gasteiger charge is 1.92. The van der Waals surface area contributed by atoms with E-state index in [1.165, 1.54) is 0 Å². The highest BCUT2D eigenvalue weighted by molar-refractivity contribution is 6.29. The van der Waals surface area contributed by atoms with Gasteiger partial charge in [-0.25, -0.2) is 0 Å². The molecular formula is C7H8ClNO. The topological polar surface area (TPSA) is 29.1 Å². The third-order valence-corrected chi connectivity index (χ3v) is 0.813. The second-order valence-corrected chi connectivity index (χ2v) is 2.11. The molecule has 1 amide bonds. The van der Waals surface area contributed by atoms with E-state index >= 15 is 0 Å². The molecule has 0 spiro atoms. The Balaban J connectivity index is 3.57. The molecule has 0 aliphatic heterocycles. The highest BCUT2D eigenvalue weighted by atomic mass is 35.5. The van der Waals surface area contributed by atoms with E-state index in [2.05, 4.69) is 23.7 Å². The summed E-state index contributed by atoms with van der Waals surface area (Å²) in [5, 5.41) is 2.83. The van der Waals surface area contributed by atoms with Crippen LogP contribution in [0.25, 0.3) is 0 Å². The third kappa shape index (κ3) is 5.20. The molecule has 0 bridgehead atoms. The minimum absolute atomic E-state index is 0.273. The Kier molecular flexibility index (Phi) is 4.43. The fraction of sp³-hybridized carbons (Fsp3) is 0.286. The molecule has 0 aromatic rings. The van der Waals surface area contributed by atoms with Gasteiger partial charge in [-0.2, -0.15) is 0 Å². The summed E-state index contributed by atoms with van der Waals surface area (Å²) in [6, 6.07) is 0. The van der Waals surface area contributed by atoms with Gasteiger partial charge >= 0.3 is 0 Å². The molecule has 0 unspecified atom stereocenters. The molecule has 2 nitrogen and oxygen atoms in total. The lowest BCUT2D eigenvalue weighted by atomic mass is 10.5. The van der Waals surface area contributed by atoms with Crippen molar-refractivity contribution >= 4 is 17.5 Å². The summed E-state index contributed by atoms with van der Waals surface area (Å²) in [6.07, 6.45) is 0. The molecule has 0 fully saturated rings. The zero-order valence-corrected chi connectivity index (χ0v) is 6.46. The lowest BCUT2D eigenvalue weighted by molar-refractivity contribution is -0.115. The number of carbonyl (C=O) groups excluding carboxylic acids is 1. The van der Waals surface area contributed by atoms with E-state index in [0.717, 1.165) is 0 Å². The second-order valence-electron chi connectivity index (χ2n) is 1.57. The number of hydrogen-bond donors (Lipinski definition) is 1. The van der Waals surface area contributed by atoms with Crippen molar-refractivity contribution in [3.63, 3.8) is 0 Å². The monoisotopic (exact) mass is 157 g/mol. The Morgan fingerprint density at radius 1 is 1.80 bits per heavy atom. The summed E-state index contributed by atoms with van der Waals surface area (Å²) >= 11 is 5.36. The normalized spacial score (nSPS) is 7.40. The van der Waals surface area contributed by atoms with E-state index in [1.807, 2.05) is 0 Å². The molecule has 0 aliphatic rings. The summed E-state index contributed by atoms with van der Waals surface area (Å²) in [5.74, 6) is 4.43. The van der Waals surface area contributed by atoms with Crippen molar-refractivity contribution in [3.05, 3.63) is 11.6 Å². The standard InChI is InChI=1S/C7H8ClNO/c1-3-4-7(10)9-5-6(2)8/h2,5H2,1H3,(H,9,10). The highest BCUT2D eigenvalue weighted by Crippen LogP contribution is 1.91. The molecule has 0 aromatic carbocycles. The van der Waals surface area contributed by atoms with Crippen molar-refractivity contribution in [2.45, 2.75) is 6.92 Å². The summed E-state index contributed by atoms with van der Waals surface area (Å²) in [6.45, 7) is 5.25. The molecular weight excluding hydrogens is 150 g/mol. The van der Waals surface area contributed by atoms with Gasteiger partial charge in [0.1, 0.15) is 0 Å². The molecule has 0 heterocycles. The van der Waals surface area contributed by atoms with Crippen LogP contribution in [-0.2, 0) is 4.79 Å². The van der Waals surface area contributed by atoms with Gasteiger partial charge in [0.25, 0.3) is 5.91 Å². The number of hydrogen-bond acceptors (Lipinski definition) is 1. The van der Waals surface area contributed by atoms with Gasteiger partial charge in [-0.1, -0.05) is 24.1 Å². The maximum Gasteiger partial charge on any atom is 0.296 e. The van der Waals surface area contributed by atoms with Crippen molar-refractivity contribution in [1.82, 2.24) is 5.32 Å². The summed E-state index contributed by atoms with van der Waals surface area (Å²) < 4.78 is 0. The number of carbonyl (C=O) groups is 1. The number of amides is 1. The Hall–Kier alpha value is -0.940. The Morgan fingerprint density at radius 3 is 2.80 bits per heavy atom. The van der Waals surface area contributed by atoms with E-state index < -0.39 is 0 Å². The van der Waals surface area contributed by atoms with E-state index in [4.69, 9.17) is 11.6 Å². The molecule has 0 rings (SSSR count). The minimum Gasteiger partial charge on any atom is -0.340 e. The first kappa shape index (κ1) is 9.06.